The molecule has 0 aliphatic heterocycles. The molecule has 9 heteroatoms. The van der Waals surface area contributed by atoms with Crippen molar-refractivity contribution in [1.29, 1.82) is 0 Å². The molecular formula is C22H25N5O3S. The molecule has 1 aliphatic rings. The summed E-state index contributed by atoms with van der Waals surface area (Å²) in [5.41, 5.74) is 1.42. The van der Waals surface area contributed by atoms with E-state index in [1.54, 1.807) is 42.4 Å². The minimum Gasteiger partial charge on any atom is -0.493 e. The second kappa shape index (κ2) is 7.74. The Morgan fingerprint density at radius 1 is 1.26 bits per heavy atom. The molecule has 0 spiro atoms. The highest BCUT2D eigenvalue weighted by atomic mass is 32.1. The van der Waals surface area contributed by atoms with Crippen LogP contribution in [0.15, 0.2) is 43.0 Å². The van der Waals surface area contributed by atoms with E-state index in [0.717, 1.165) is 34.8 Å². The fraction of sp³-hybridized carbons (Fsp3) is 0.409. The molecule has 1 aromatic carbocycles. The number of hydrogen-bond donors (Lipinski definition) is 2. The van der Waals surface area contributed by atoms with Crippen molar-refractivity contribution in [1.82, 2.24) is 24.4 Å². The van der Waals surface area contributed by atoms with Crippen LogP contribution in [0.2, 0.25) is 0 Å². The van der Waals surface area contributed by atoms with Crippen LogP contribution in [-0.4, -0.2) is 46.8 Å². The van der Waals surface area contributed by atoms with Gasteiger partial charge in [-0.2, -0.15) is 0 Å². The summed E-state index contributed by atoms with van der Waals surface area (Å²) in [5, 5.41) is 29.3. The van der Waals surface area contributed by atoms with Gasteiger partial charge in [0.25, 0.3) is 0 Å². The molecule has 0 amide bonds. The van der Waals surface area contributed by atoms with E-state index in [4.69, 9.17) is 4.74 Å². The van der Waals surface area contributed by atoms with Crippen molar-refractivity contribution in [2.45, 2.75) is 50.7 Å². The number of rotatable bonds is 8. The van der Waals surface area contributed by atoms with Gasteiger partial charge in [0.15, 0.2) is 0 Å². The minimum absolute atomic E-state index is 0.440. The Bertz CT molecular complexity index is 1180. The summed E-state index contributed by atoms with van der Waals surface area (Å²) in [4.78, 5) is 6.46. The third-order valence-corrected chi connectivity index (χ3v) is 6.69. The summed E-state index contributed by atoms with van der Waals surface area (Å²) in [6.07, 6.45) is 7.34. The Morgan fingerprint density at radius 3 is 2.74 bits per heavy atom. The molecule has 1 fully saturated rings. The summed E-state index contributed by atoms with van der Waals surface area (Å²) in [5.74, 6) is 1.25. The summed E-state index contributed by atoms with van der Waals surface area (Å²) < 4.78 is 9.29. The molecule has 1 aliphatic carbocycles. The molecule has 0 saturated heterocycles. The van der Waals surface area contributed by atoms with E-state index < -0.39 is 11.7 Å². The SMILES string of the molecule is CC(C)(O)CCOc1ccc(-n2cc([C@H](O)c3c(C4CC4)sc4cncn34)nn2)cc1. The number of hydrogen-bond acceptors (Lipinski definition) is 7. The van der Waals surface area contributed by atoms with Crippen LogP contribution in [0.5, 0.6) is 5.75 Å². The molecule has 1 saturated carbocycles. The largest absolute Gasteiger partial charge is 0.493 e. The maximum Gasteiger partial charge on any atom is 0.141 e. The van der Waals surface area contributed by atoms with E-state index in [-0.39, 0.29) is 0 Å². The Hall–Kier alpha value is -2.75. The standard InChI is InChI=1S/C22H25N5O3S/c1-22(2,29)9-10-30-16-7-5-15(6-8-16)27-12-17(24-25-27)20(28)19-21(14-3-4-14)31-18-11-23-13-26(18)19/h5-8,11-14,20,28-29H,3-4,9-10H2,1-2H3/t20-/m0/s1. The van der Waals surface area contributed by atoms with Crippen LogP contribution in [0.3, 0.4) is 0 Å². The fourth-order valence-corrected chi connectivity index (χ4v) is 4.81. The lowest BCUT2D eigenvalue weighted by molar-refractivity contribution is 0.0553. The first-order valence-electron chi connectivity index (χ1n) is 10.4. The van der Waals surface area contributed by atoms with Gasteiger partial charge in [0, 0.05) is 11.3 Å². The predicted molar refractivity (Wildman–Crippen MR) is 117 cm³/mol. The third-order valence-electron chi connectivity index (χ3n) is 5.41. The van der Waals surface area contributed by atoms with Gasteiger partial charge in [-0.1, -0.05) is 5.21 Å². The second-order valence-corrected chi connectivity index (χ2v) is 9.69. The number of aliphatic hydroxyl groups is 2. The maximum absolute atomic E-state index is 11.1. The molecule has 0 unspecified atom stereocenters. The molecule has 8 nitrogen and oxygen atoms in total. The van der Waals surface area contributed by atoms with Gasteiger partial charge < -0.3 is 14.9 Å². The molecule has 3 aromatic heterocycles. The van der Waals surface area contributed by atoms with E-state index in [1.807, 2.05) is 34.9 Å². The van der Waals surface area contributed by atoms with Crippen molar-refractivity contribution in [3.8, 4) is 11.4 Å². The average molecular weight is 440 g/mol. The first-order chi connectivity index (χ1) is 14.9. The van der Waals surface area contributed by atoms with Gasteiger partial charge in [0.2, 0.25) is 0 Å². The third kappa shape index (κ3) is 4.21. The van der Waals surface area contributed by atoms with E-state index >= 15 is 0 Å². The molecule has 3 heterocycles. The van der Waals surface area contributed by atoms with Crippen LogP contribution in [-0.2, 0) is 0 Å². The van der Waals surface area contributed by atoms with E-state index in [0.29, 0.717) is 24.6 Å². The van der Waals surface area contributed by atoms with E-state index in [9.17, 15) is 10.2 Å². The Balaban J connectivity index is 1.33. The van der Waals surface area contributed by atoms with Crippen LogP contribution in [0, 0.1) is 0 Å². The lowest BCUT2D eigenvalue weighted by Gasteiger charge is -2.17. The molecule has 2 N–H and O–H groups in total. The number of nitrogens with zero attached hydrogens (tertiary/aromatic N) is 5. The van der Waals surface area contributed by atoms with Crippen LogP contribution >= 0.6 is 11.3 Å². The van der Waals surface area contributed by atoms with Gasteiger partial charge in [-0.3, -0.25) is 4.40 Å². The number of fused-ring (bicyclic) bond motifs is 1. The Kier molecular flexibility index (Phi) is 5.04. The van der Waals surface area contributed by atoms with Crippen LogP contribution in [0.25, 0.3) is 10.5 Å². The Morgan fingerprint density at radius 2 is 2.03 bits per heavy atom. The zero-order valence-electron chi connectivity index (χ0n) is 17.5. The highest BCUT2D eigenvalue weighted by Crippen LogP contribution is 2.47. The van der Waals surface area contributed by atoms with Crippen LogP contribution in [0.1, 0.15) is 61.4 Å². The Labute approximate surface area is 183 Å². The average Bonchev–Trinajstić information content (AvgIpc) is 3.13. The lowest BCUT2D eigenvalue weighted by atomic mass is 10.1. The zero-order valence-corrected chi connectivity index (χ0v) is 18.3. The highest BCUT2D eigenvalue weighted by molar-refractivity contribution is 7.17. The number of benzene rings is 1. The normalized spacial score (nSPS) is 15.5. The van der Waals surface area contributed by atoms with Crippen molar-refractivity contribution in [3.05, 3.63) is 59.3 Å². The lowest BCUT2D eigenvalue weighted by Crippen LogP contribution is -2.21. The monoisotopic (exact) mass is 439 g/mol. The fourth-order valence-electron chi connectivity index (χ4n) is 3.51. The smallest absolute Gasteiger partial charge is 0.141 e. The second-order valence-electron chi connectivity index (χ2n) is 8.62. The van der Waals surface area contributed by atoms with Gasteiger partial charge in [-0.15, -0.1) is 16.4 Å². The van der Waals surface area contributed by atoms with Gasteiger partial charge >= 0.3 is 0 Å². The molecule has 1 atom stereocenters. The highest BCUT2D eigenvalue weighted by Gasteiger charge is 2.33. The number of aliphatic hydroxyl groups excluding tert-OH is 1. The number of aromatic nitrogens is 5. The first-order valence-corrected chi connectivity index (χ1v) is 11.2. The zero-order chi connectivity index (χ0) is 21.6. The summed E-state index contributed by atoms with van der Waals surface area (Å²) >= 11 is 1.69. The van der Waals surface area contributed by atoms with Gasteiger partial charge in [0.1, 0.15) is 28.7 Å². The molecule has 31 heavy (non-hydrogen) atoms. The topological polar surface area (TPSA) is 97.7 Å². The summed E-state index contributed by atoms with van der Waals surface area (Å²) in [6, 6.07) is 7.49. The van der Waals surface area contributed by atoms with Crippen LogP contribution < -0.4 is 4.74 Å². The molecule has 0 radical (unpaired) electrons. The first kappa shape index (κ1) is 20.2. The van der Waals surface area contributed by atoms with Gasteiger partial charge in [-0.25, -0.2) is 9.67 Å². The summed E-state index contributed by atoms with van der Waals surface area (Å²) in [7, 11) is 0. The number of imidazole rings is 1. The quantitative estimate of drug-likeness (QED) is 0.436. The summed E-state index contributed by atoms with van der Waals surface area (Å²) in [6.45, 7) is 3.96. The van der Waals surface area contributed by atoms with E-state index in [2.05, 4.69) is 15.3 Å². The molecule has 0 bridgehead atoms. The molecular weight excluding hydrogens is 414 g/mol. The minimum atomic E-state index is -0.864. The predicted octanol–water partition coefficient (Wildman–Crippen LogP) is 3.48. The molecule has 4 aromatic rings. The molecule has 162 valence electrons. The van der Waals surface area contributed by atoms with Crippen LogP contribution in [0.4, 0.5) is 0 Å². The van der Waals surface area contributed by atoms with Crippen molar-refractivity contribution < 1.29 is 14.9 Å². The maximum atomic E-state index is 11.1. The van der Waals surface area contributed by atoms with Crippen molar-refractivity contribution in [2.24, 2.45) is 0 Å². The van der Waals surface area contributed by atoms with Crippen molar-refractivity contribution >= 4 is 16.2 Å². The van der Waals surface area contributed by atoms with Crippen molar-refractivity contribution in [2.75, 3.05) is 6.61 Å². The van der Waals surface area contributed by atoms with Gasteiger partial charge in [0.05, 0.1) is 36.0 Å². The number of ether oxygens (including phenoxy) is 1. The molecule has 5 rings (SSSR count). The number of thiazole rings is 1. The van der Waals surface area contributed by atoms with E-state index in [1.165, 1.54) is 4.88 Å². The van der Waals surface area contributed by atoms with Gasteiger partial charge in [-0.05, 0) is 56.9 Å². The van der Waals surface area contributed by atoms with Crippen molar-refractivity contribution in [3.63, 3.8) is 0 Å².